The van der Waals surface area contributed by atoms with E-state index in [1.54, 1.807) is 12.1 Å². The summed E-state index contributed by atoms with van der Waals surface area (Å²) in [5.41, 5.74) is 0.611. The minimum atomic E-state index is -0.247. The Morgan fingerprint density at radius 3 is 3.00 bits per heavy atom. The summed E-state index contributed by atoms with van der Waals surface area (Å²) in [5, 5.41) is 3.34. The second-order valence-electron chi connectivity index (χ2n) is 4.85. The van der Waals surface area contributed by atoms with Crippen LogP contribution in [0.5, 0.6) is 0 Å². The lowest BCUT2D eigenvalue weighted by Gasteiger charge is -2.23. The van der Waals surface area contributed by atoms with Crippen molar-refractivity contribution in [3.8, 4) is 0 Å². The van der Waals surface area contributed by atoms with Gasteiger partial charge in [-0.05, 0) is 25.5 Å². The van der Waals surface area contributed by atoms with Crippen molar-refractivity contribution in [1.29, 1.82) is 0 Å². The van der Waals surface area contributed by atoms with Crippen molar-refractivity contribution < 1.29 is 9.13 Å². The summed E-state index contributed by atoms with van der Waals surface area (Å²) in [6.45, 7) is 2.52. The Balaban J connectivity index is 1.68. The maximum Gasteiger partial charge on any atom is 0.188 e. The Morgan fingerprint density at radius 1 is 1.33 bits per heavy atom. The first kappa shape index (κ1) is 11.7. The van der Waals surface area contributed by atoms with Gasteiger partial charge < -0.3 is 10.1 Å². The molecular weight excluding hydrogens is 231 g/mol. The van der Waals surface area contributed by atoms with E-state index in [0.717, 1.165) is 31.8 Å². The van der Waals surface area contributed by atoms with Crippen molar-refractivity contribution in [2.24, 2.45) is 10.9 Å². The number of rotatable bonds is 2. The fourth-order valence-corrected chi connectivity index (χ4v) is 2.58. The van der Waals surface area contributed by atoms with Crippen LogP contribution in [-0.2, 0) is 4.74 Å². The number of aliphatic imine (C=N–C) groups is 1. The first-order valence-electron chi connectivity index (χ1n) is 6.51. The minimum Gasteiger partial charge on any atom is -0.471 e. The molecule has 0 amide bonds. The van der Waals surface area contributed by atoms with Crippen molar-refractivity contribution >= 4 is 5.90 Å². The normalized spacial score (nSPS) is 27.7. The molecule has 2 heterocycles. The van der Waals surface area contributed by atoms with Gasteiger partial charge in [-0.1, -0.05) is 18.2 Å². The van der Waals surface area contributed by atoms with Crippen LogP contribution in [0.2, 0.25) is 0 Å². The zero-order chi connectivity index (χ0) is 12.4. The van der Waals surface area contributed by atoms with E-state index in [1.165, 1.54) is 6.07 Å². The summed E-state index contributed by atoms with van der Waals surface area (Å²) >= 11 is 0. The van der Waals surface area contributed by atoms with Crippen molar-refractivity contribution in [2.75, 3.05) is 19.6 Å². The Labute approximate surface area is 106 Å². The second kappa shape index (κ2) is 5.06. The zero-order valence-electron chi connectivity index (χ0n) is 10.2. The van der Waals surface area contributed by atoms with Gasteiger partial charge >= 0.3 is 0 Å². The molecule has 18 heavy (non-hydrogen) atoms. The van der Waals surface area contributed by atoms with Crippen LogP contribution in [0.25, 0.3) is 0 Å². The number of ether oxygens (including phenoxy) is 1. The van der Waals surface area contributed by atoms with Crippen LogP contribution in [0.4, 0.5) is 4.39 Å². The van der Waals surface area contributed by atoms with Gasteiger partial charge in [-0.3, -0.25) is 4.99 Å². The van der Waals surface area contributed by atoms with Gasteiger partial charge in [-0.25, -0.2) is 4.39 Å². The molecule has 1 aromatic rings. The molecule has 0 aromatic heterocycles. The number of benzene rings is 1. The van der Waals surface area contributed by atoms with E-state index in [4.69, 9.17) is 4.74 Å². The molecule has 0 saturated carbocycles. The first-order chi connectivity index (χ1) is 8.84. The maximum atomic E-state index is 13.7. The van der Waals surface area contributed by atoms with Gasteiger partial charge in [0, 0.05) is 18.0 Å². The highest BCUT2D eigenvalue weighted by Crippen LogP contribution is 2.28. The van der Waals surface area contributed by atoms with Crippen molar-refractivity contribution in [3.05, 3.63) is 35.6 Å². The molecule has 0 aliphatic carbocycles. The summed E-state index contributed by atoms with van der Waals surface area (Å²) in [7, 11) is 0. The molecule has 2 unspecified atom stereocenters. The fourth-order valence-electron chi connectivity index (χ4n) is 2.58. The Hall–Kier alpha value is -1.42. The number of hydrogen-bond donors (Lipinski definition) is 1. The molecule has 96 valence electrons. The molecule has 1 N–H and O–H groups in total. The summed E-state index contributed by atoms with van der Waals surface area (Å²) in [5.74, 6) is 0.951. The van der Waals surface area contributed by atoms with Crippen LogP contribution >= 0.6 is 0 Å². The summed E-state index contributed by atoms with van der Waals surface area (Å²) in [6, 6.07) is 6.78. The number of nitrogens with zero attached hydrogens (tertiary/aromatic N) is 1. The number of hydrogen-bond acceptors (Lipinski definition) is 3. The average Bonchev–Trinajstić information content (AvgIpc) is 2.90. The van der Waals surface area contributed by atoms with Crippen LogP contribution in [0.1, 0.15) is 24.5 Å². The predicted octanol–water partition coefficient (Wildman–Crippen LogP) is 2.30. The molecule has 0 bridgehead atoms. The lowest BCUT2D eigenvalue weighted by atomic mass is 10.00. The minimum absolute atomic E-state index is 0.208. The third-order valence-electron chi connectivity index (χ3n) is 3.57. The van der Waals surface area contributed by atoms with Crippen LogP contribution in [-0.4, -0.2) is 25.5 Å². The predicted molar refractivity (Wildman–Crippen MR) is 68.1 cm³/mol. The van der Waals surface area contributed by atoms with Crippen molar-refractivity contribution in [2.45, 2.75) is 18.9 Å². The van der Waals surface area contributed by atoms with Crippen LogP contribution in [0, 0.1) is 11.7 Å². The Bertz CT molecular complexity index is 455. The lowest BCUT2D eigenvalue weighted by Crippen LogP contribution is -2.34. The van der Waals surface area contributed by atoms with E-state index < -0.39 is 0 Å². The molecule has 0 radical (unpaired) electrons. The van der Waals surface area contributed by atoms with E-state index >= 15 is 0 Å². The summed E-state index contributed by atoms with van der Waals surface area (Å²) in [6.07, 6.45) is 2.01. The van der Waals surface area contributed by atoms with Gasteiger partial charge in [0.2, 0.25) is 0 Å². The van der Waals surface area contributed by atoms with E-state index in [1.807, 2.05) is 6.07 Å². The topological polar surface area (TPSA) is 33.6 Å². The van der Waals surface area contributed by atoms with Crippen LogP contribution in [0.15, 0.2) is 29.3 Å². The van der Waals surface area contributed by atoms with E-state index in [0.29, 0.717) is 18.0 Å². The third kappa shape index (κ3) is 2.25. The van der Waals surface area contributed by atoms with E-state index in [9.17, 15) is 4.39 Å². The van der Waals surface area contributed by atoms with Gasteiger partial charge in [0.15, 0.2) is 5.90 Å². The molecule has 1 aromatic carbocycles. The summed E-state index contributed by atoms with van der Waals surface area (Å²) < 4.78 is 19.5. The third-order valence-corrected chi connectivity index (χ3v) is 3.57. The SMILES string of the molecule is Fc1ccccc1C1CN=C(C2CCCNC2)O1. The first-order valence-corrected chi connectivity index (χ1v) is 6.51. The van der Waals surface area contributed by atoms with Gasteiger partial charge in [-0.2, -0.15) is 0 Å². The average molecular weight is 248 g/mol. The molecule has 4 heteroatoms. The largest absolute Gasteiger partial charge is 0.471 e. The molecule has 2 aliphatic rings. The Morgan fingerprint density at radius 2 is 2.22 bits per heavy atom. The smallest absolute Gasteiger partial charge is 0.188 e. The fraction of sp³-hybridized carbons (Fsp3) is 0.500. The molecule has 3 rings (SSSR count). The van der Waals surface area contributed by atoms with Crippen molar-refractivity contribution in [1.82, 2.24) is 5.32 Å². The zero-order valence-corrected chi connectivity index (χ0v) is 10.2. The van der Waals surface area contributed by atoms with Gasteiger partial charge in [-0.15, -0.1) is 0 Å². The van der Waals surface area contributed by atoms with Crippen LogP contribution in [0.3, 0.4) is 0 Å². The van der Waals surface area contributed by atoms with Gasteiger partial charge in [0.05, 0.1) is 6.54 Å². The Kier molecular flexibility index (Phi) is 3.28. The standard InChI is InChI=1S/C14H17FN2O/c15-12-6-2-1-5-11(12)13-9-17-14(18-13)10-4-3-7-16-8-10/h1-2,5-6,10,13,16H,3-4,7-9H2. The van der Waals surface area contributed by atoms with E-state index in [-0.39, 0.29) is 11.9 Å². The molecule has 2 atom stereocenters. The molecule has 2 aliphatic heterocycles. The molecule has 3 nitrogen and oxygen atoms in total. The van der Waals surface area contributed by atoms with Crippen molar-refractivity contribution in [3.63, 3.8) is 0 Å². The highest BCUT2D eigenvalue weighted by Gasteiger charge is 2.29. The van der Waals surface area contributed by atoms with Gasteiger partial charge in [0.1, 0.15) is 11.9 Å². The van der Waals surface area contributed by atoms with Crippen LogP contribution < -0.4 is 5.32 Å². The lowest BCUT2D eigenvalue weighted by molar-refractivity contribution is 0.204. The van der Waals surface area contributed by atoms with Gasteiger partial charge in [0.25, 0.3) is 0 Å². The summed E-state index contributed by atoms with van der Waals surface area (Å²) in [4.78, 5) is 4.45. The molecule has 1 fully saturated rings. The van der Waals surface area contributed by atoms with E-state index in [2.05, 4.69) is 10.3 Å². The highest BCUT2D eigenvalue weighted by molar-refractivity contribution is 5.80. The second-order valence-corrected chi connectivity index (χ2v) is 4.85. The quantitative estimate of drug-likeness (QED) is 0.871. The monoisotopic (exact) mass is 248 g/mol. The highest BCUT2D eigenvalue weighted by atomic mass is 19.1. The number of piperidine rings is 1. The molecule has 1 saturated heterocycles. The number of halogens is 1. The molecule has 0 spiro atoms. The number of nitrogens with one attached hydrogen (secondary N) is 1. The molecular formula is C14H17FN2O. The maximum absolute atomic E-state index is 13.7.